The maximum Gasteiger partial charge on any atom is 0.322 e. The van der Waals surface area contributed by atoms with E-state index in [-0.39, 0.29) is 31.4 Å². The average Bonchev–Trinajstić information content (AvgIpc) is 3.69. The van der Waals surface area contributed by atoms with Gasteiger partial charge < -0.3 is 40.6 Å². The monoisotopic (exact) mass is 724 g/mol. The molecule has 1 aliphatic rings. The summed E-state index contributed by atoms with van der Waals surface area (Å²) >= 11 is 0. The van der Waals surface area contributed by atoms with Crippen LogP contribution < -0.4 is 16.4 Å². The molecule has 3 amide bonds. The van der Waals surface area contributed by atoms with Crippen molar-refractivity contribution in [3.63, 3.8) is 0 Å². The van der Waals surface area contributed by atoms with Crippen LogP contribution in [0.2, 0.25) is 0 Å². The molecule has 0 saturated carbocycles. The van der Waals surface area contributed by atoms with Crippen molar-refractivity contribution in [1.29, 1.82) is 0 Å². The smallest absolute Gasteiger partial charge is 0.322 e. The molecule has 17 heteroatoms. The summed E-state index contributed by atoms with van der Waals surface area (Å²) < 4.78 is 35.2. The summed E-state index contributed by atoms with van der Waals surface area (Å²) in [7, 11) is 1.79. The third-order valence-corrected chi connectivity index (χ3v) is 8.81. The molecule has 0 spiro atoms. The zero-order valence-corrected chi connectivity index (χ0v) is 29.1. The van der Waals surface area contributed by atoms with Crippen LogP contribution in [0.4, 0.5) is 4.39 Å². The molecular weight excluding hydrogens is 679 g/mol. The molecule has 0 radical (unpaired) electrons. The third kappa shape index (κ3) is 9.87. The Labute approximate surface area is 299 Å². The quantitative estimate of drug-likeness (QED) is 0.101. The fourth-order valence-corrected chi connectivity index (χ4v) is 6.22. The van der Waals surface area contributed by atoms with Gasteiger partial charge in [-0.05, 0) is 36.6 Å². The number of nitrogens with zero attached hydrogens (tertiary/aromatic N) is 5. The summed E-state index contributed by atoms with van der Waals surface area (Å²) in [6.45, 7) is 2.70. The van der Waals surface area contributed by atoms with Gasteiger partial charge >= 0.3 is 5.97 Å². The number of hydrogen-bond donors (Lipinski definition) is 4. The maximum absolute atomic E-state index is 15.7. The highest BCUT2D eigenvalue weighted by Crippen LogP contribution is 2.39. The van der Waals surface area contributed by atoms with Crippen LogP contribution in [0.3, 0.4) is 0 Å². The van der Waals surface area contributed by atoms with E-state index < -0.39 is 36.7 Å². The van der Waals surface area contributed by atoms with Crippen LogP contribution in [0.1, 0.15) is 30.9 Å². The summed E-state index contributed by atoms with van der Waals surface area (Å²) in [5.41, 5.74) is 8.38. The number of benzene rings is 2. The first kappa shape index (κ1) is 38.3. The molecule has 5 N–H and O–H groups in total. The number of piperidine rings is 1. The van der Waals surface area contributed by atoms with Crippen molar-refractivity contribution >= 4 is 45.5 Å². The molecule has 3 heterocycles. The van der Waals surface area contributed by atoms with Crippen molar-refractivity contribution in [2.45, 2.75) is 31.7 Å². The summed E-state index contributed by atoms with van der Waals surface area (Å²) in [6, 6.07) is 8.61. The second-order valence-corrected chi connectivity index (χ2v) is 12.4. The molecule has 1 fully saturated rings. The molecule has 2 aromatic carbocycles. The number of carbonyl (C=O) groups is 4. The average molecular weight is 725 g/mol. The van der Waals surface area contributed by atoms with Gasteiger partial charge in [-0.1, -0.05) is 12.1 Å². The van der Waals surface area contributed by atoms with E-state index in [1.807, 2.05) is 17.0 Å². The number of amides is 3. The van der Waals surface area contributed by atoms with Crippen LogP contribution in [0.25, 0.3) is 32.9 Å². The van der Waals surface area contributed by atoms with Gasteiger partial charge in [0.25, 0.3) is 0 Å². The normalized spacial score (nSPS) is 13.6. The first-order chi connectivity index (χ1) is 25.2. The number of aryl methyl sites for hydroxylation is 1. The molecule has 5 rings (SSSR count). The number of nitrogens with two attached hydrogens (primary N) is 1. The molecule has 52 heavy (non-hydrogen) atoms. The Morgan fingerprint density at radius 3 is 2.33 bits per heavy atom. The highest BCUT2D eigenvalue weighted by molar-refractivity contribution is 6.00. The molecule has 0 atom stereocenters. The van der Waals surface area contributed by atoms with Gasteiger partial charge in [-0.25, -0.2) is 4.39 Å². The Morgan fingerprint density at radius 1 is 0.923 bits per heavy atom. The first-order valence-electron chi connectivity index (χ1n) is 17.2. The topological polar surface area (TPSA) is 205 Å². The molecule has 4 aromatic rings. The fraction of sp³-hybridized carbons (Fsp3) is 0.486. The zero-order chi connectivity index (χ0) is 37.0. The van der Waals surface area contributed by atoms with Crippen molar-refractivity contribution in [3.8, 4) is 11.1 Å². The number of fused-ring (bicyclic) bond motifs is 2. The van der Waals surface area contributed by atoms with E-state index in [2.05, 4.69) is 15.7 Å². The van der Waals surface area contributed by atoms with Crippen molar-refractivity contribution in [3.05, 3.63) is 48.0 Å². The van der Waals surface area contributed by atoms with Gasteiger partial charge in [0.1, 0.15) is 18.9 Å². The van der Waals surface area contributed by atoms with Gasteiger partial charge in [-0.2, -0.15) is 10.2 Å². The van der Waals surface area contributed by atoms with Crippen LogP contribution in [0.5, 0.6) is 0 Å². The number of nitrogens with one attached hydrogen (secondary N) is 2. The highest BCUT2D eigenvalue weighted by atomic mass is 19.1. The second kappa shape index (κ2) is 18.5. The predicted octanol–water partition coefficient (Wildman–Crippen LogP) is 1.15. The Balaban J connectivity index is 1.29. The summed E-state index contributed by atoms with van der Waals surface area (Å²) in [6.07, 6.45) is 3.05. The van der Waals surface area contributed by atoms with Crippen molar-refractivity contribution < 1.29 is 42.9 Å². The number of aliphatic carboxylic acids is 1. The lowest BCUT2D eigenvalue weighted by Crippen LogP contribution is -2.40. The number of likely N-dealkylation sites (tertiary alicyclic amines) is 1. The minimum Gasteiger partial charge on any atom is -0.480 e. The van der Waals surface area contributed by atoms with Gasteiger partial charge in [0, 0.05) is 48.9 Å². The van der Waals surface area contributed by atoms with Gasteiger partial charge in [0.05, 0.1) is 75.5 Å². The predicted molar refractivity (Wildman–Crippen MR) is 188 cm³/mol. The zero-order valence-electron chi connectivity index (χ0n) is 29.1. The van der Waals surface area contributed by atoms with Crippen LogP contribution in [0, 0.1) is 5.82 Å². The van der Waals surface area contributed by atoms with Crippen LogP contribution in [-0.4, -0.2) is 126 Å². The number of hydrogen-bond acceptors (Lipinski definition) is 10. The second-order valence-electron chi connectivity index (χ2n) is 12.4. The number of halogens is 1. The SMILES string of the molecule is Cn1ncc2cc(F)c(-c3cccc4c3c(C3CCN(C(=O)CCOCCOCCOCCN)CC3)nn4CC(=O)NCC(=O)NCC(=O)O)cc21. The molecule has 280 valence electrons. The first-order valence-corrected chi connectivity index (χ1v) is 17.2. The fourth-order valence-electron chi connectivity index (χ4n) is 6.22. The van der Waals surface area contributed by atoms with E-state index in [1.54, 1.807) is 30.1 Å². The number of rotatable bonds is 19. The molecule has 1 saturated heterocycles. The number of aromatic nitrogens is 4. The number of ether oxygens (including phenoxy) is 3. The van der Waals surface area contributed by atoms with Gasteiger partial charge in [0.15, 0.2) is 0 Å². The molecule has 0 unspecified atom stereocenters. The Bertz CT molecular complexity index is 1870. The summed E-state index contributed by atoms with van der Waals surface area (Å²) in [4.78, 5) is 50.5. The number of carboxylic acid groups (broad SMARTS) is 1. The maximum atomic E-state index is 15.7. The van der Waals surface area contributed by atoms with Crippen LogP contribution in [-0.2, 0) is 47.0 Å². The molecule has 0 bridgehead atoms. The van der Waals surface area contributed by atoms with Crippen LogP contribution >= 0.6 is 0 Å². The Kier molecular flexibility index (Phi) is 13.6. The molecule has 2 aromatic heterocycles. The van der Waals surface area contributed by atoms with E-state index in [4.69, 9.17) is 30.1 Å². The number of carbonyl (C=O) groups excluding carboxylic acids is 3. The van der Waals surface area contributed by atoms with Crippen molar-refractivity contribution in [2.24, 2.45) is 12.8 Å². The standard InChI is InChI=1S/C35H45FN8O8/c1-42-29-18-26(27(36)17-24(29)19-40-42)25-3-2-4-28-34(25)35(41-44(28)22-31(46)38-20-30(45)39-21-33(48)49)23-5-9-43(10-6-23)32(47)7-11-50-13-15-52-16-14-51-12-8-37/h2-4,17-19,23H,5-16,20-22,37H2,1H3,(H,38,46)(H,39,45)(H,48,49). The largest absolute Gasteiger partial charge is 0.480 e. The molecule has 16 nitrogen and oxygen atoms in total. The van der Waals surface area contributed by atoms with E-state index >= 15 is 4.39 Å². The van der Waals surface area contributed by atoms with E-state index in [0.717, 1.165) is 5.52 Å². The lowest BCUT2D eigenvalue weighted by Gasteiger charge is -2.31. The summed E-state index contributed by atoms with van der Waals surface area (Å²) in [5, 5.41) is 24.0. The van der Waals surface area contributed by atoms with Crippen LogP contribution in [0.15, 0.2) is 36.5 Å². The lowest BCUT2D eigenvalue weighted by molar-refractivity contribution is -0.138. The van der Waals surface area contributed by atoms with Crippen molar-refractivity contribution in [1.82, 2.24) is 35.1 Å². The minimum absolute atomic E-state index is 0.0127. The Hall–Kier alpha value is -4.97. The van der Waals surface area contributed by atoms with E-state index in [9.17, 15) is 19.2 Å². The molecule has 0 aliphatic carbocycles. The lowest BCUT2D eigenvalue weighted by atomic mass is 9.88. The van der Waals surface area contributed by atoms with E-state index in [1.165, 1.54) is 10.7 Å². The highest BCUT2D eigenvalue weighted by Gasteiger charge is 2.29. The minimum atomic E-state index is -1.20. The summed E-state index contributed by atoms with van der Waals surface area (Å²) in [5.74, 6) is -2.90. The number of carboxylic acids is 1. The third-order valence-electron chi connectivity index (χ3n) is 8.81. The van der Waals surface area contributed by atoms with Gasteiger partial charge in [-0.15, -0.1) is 0 Å². The van der Waals surface area contributed by atoms with E-state index in [0.29, 0.717) is 98.6 Å². The molecule has 1 aliphatic heterocycles. The Morgan fingerprint density at radius 2 is 1.62 bits per heavy atom. The van der Waals surface area contributed by atoms with Gasteiger partial charge in [0.2, 0.25) is 17.7 Å². The molecular formula is C35H45FN8O8. The van der Waals surface area contributed by atoms with Gasteiger partial charge in [-0.3, -0.25) is 28.5 Å². The van der Waals surface area contributed by atoms with Crippen molar-refractivity contribution in [2.75, 3.05) is 72.4 Å².